The molecule has 1 aliphatic heterocycles. The molecule has 0 spiro atoms. The number of ether oxygens (including phenoxy) is 6. The fourth-order valence-electron chi connectivity index (χ4n) is 7.15. The van der Waals surface area contributed by atoms with Crippen molar-refractivity contribution in [2.45, 2.75) is 82.6 Å². The molecule has 2 aromatic carbocycles. The van der Waals surface area contributed by atoms with E-state index in [1.54, 1.807) is 18.9 Å². The number of aliphatic hydroxyl groups is 3. The highest BCUT2D eigenvalue weighted by atomic mass is 35.5. The van der Waals surface area contributed by atoms with Gasteiger partial charge in [-0.25, -0.2) is 0 Å². The van der Waals surface area contributed by atoms with Gasteiger partial charge in [0.25, 0.3) is 6.29 Å². The summed E-state index contributed by atoms with van der Waals surface area (Å²) in [4.78, 5) is 65.0. The molecule has 6 atom stereocenters. The van der Waals surface area contributed by atoms with E-state index in [0.29, 0.717) is 0 Å². The Morgan fingerprint density at radius 1 is 1.04 bits per heavy atom. The second-order valence-corrected chi connectivity index (χ2v) is 13.3. The van der Waals surface area contributed by atoms with E-state index in [1.807, 2.05) is 0 Å². The van der Waals surface area contributed by atoms with Crippen molar-refractivity contribution in [2.24, 2.45) is 0 Å². The molecule has 4 unspecified atom stereocenters. The average molecular weight is 782 g/mol. The predicted molar refractivity (Wildman–Crippen MR) is 186 cm³/mol. The minimum Gasteiger partial charge on any atom is -0.507 e. The van der Waals surface area contributed by atoms with Gasteiger partial charge in [-0.2, -0.15) is 0 Å². The van der Waals surface area contributed by atoms with Crippen molar-refractivity contribution >= 4 is 41.7 Å². The first-order valence-electron chi connectivity index (χ1n) is 16.9. The Morgan fingerprint density at radius 3 is 2.30 bits per heavy atom. The fraction of sp³-hybridized carbons (Fsp3) is 0.528. The Hall–Kier alpha value is -4.20. The first kappa shape index (κ1) is 42.5. The number of nitrogens with zero attached hydrogens (tertiary/aromatic N) is 1. The SMILES string of the molecule is COc1cccc2c1C(=O)c1c(O)c3c(c(O)c1C2=O)C[C@@](O)(C(=O)CO)C[C@H]3OC1CC(N(C)CCOCC(OC(C)=O)OC(C)=O)C(O)C(C)O1.Cl. The van der Waals surface area contributed by atoms with Gasteiger partial charge in [-0.3, -0.25) is 28.9 Å². The molecule has 0 radical (unpaired) electrons. The summed E-state index contributed by atoms with van der Waals surface area (Å²) < 4.78 is 33.0. The number of ketones is 3. The molecule has 2 aliphatic carbocycles. The first-order valence-corrected chi connectivity index (χ1v) is 16.9. The monoisotopic (exact) mass is 781 g/mol. The van der Waals surface area contributed by atoms with Gasteiger partial charge >= 0.3 is 11.9 Å². The molecule has 2 aromatic rings. The second kappa shape index (κ2) is 17.1. The lowest BCUT2D eigenvalue weighted by Crippen LogP contribution is -2.55. The van der Waals surface area contributed by atoms with Crippen molar-refractivity contribution in [3.63, 3.8) is 0 Å². The van der Waals surface area contributed by atoms with Crippen LogP contribution in [0.1, 0.15) is 82.7 Å². The lowest BCUT2D eigenvalue weighted by atomic mass is 9.72. The van der Waals surface area contributed by atoms with Crippen LogP contribution in [0.4, 0.5) is 0 Å². The summed E-state index contributed by atoms with van der Waals surface area (Å²) in [5.41, 5.74) is -3.95. The number of rotatable bonds is 13. The molecule has 1 fully saturated rings. The molecule has 1 saturated heterocycles. The fourth-order valence-corrected chi connectivity index (χ4v) is 7.15. The van der Waals surface area contributed by atoms with Crippen LogP contribution in [-0.4, -0.2) is 137 Å². The maximum absolute atomic E-state index is 13.9. The van der Waals surface area contributed by atoms with E-state index in [-0.39, 0.29) is 66.6 Å². The molecule has 296 valence electrons. The van der Waals surface area contributed by atoms with Crippen LogP contribution in [0.3, 0.4) is 0 Å². The summed E-state index contributed by atoms with van der Waals surface area (Å²) in [5, 5.41) is 55.7. The standard InChI is InChI=1S/C36H43NO16.ClH/c1-16-31(42)21(37(4)9-10-49-15-26(51-17(2)39)52-18(3)40)11-25(50-16)53-23-13-36(47,24(41)14-38)12-20-28(23)35(46)30-29(33(20)44)32(43)19-7-6-8-22(48-5)27(19)34(30)45;/h6-8,16,21,23,25-26,31,38,42,44,46-47H,9-15H2,1-5H3;1H/t16?,21?,23-,25?,31?,36+;/m1./s1. The van der Waals surface area contributed by atoms with Crippen LogP contribution in [0.5, 0.6) is 17.2 Å². The normalized spacial score (nSPS) is 24.6. The molecule has 18 heteroatoms. The number of hydrogen-bond donors (Lipinski definition) is 5. The zero-order valence-corrected chi connectivity index (χ0v) is 31.0. The third kappa shape index (κ3) is 8.23. The van der Waals surface area contributed by atoms with Crippen LogP contribution in [-0.2, 0) is 44.5 Å². The molecule has 17 nitrogen and oxygen atoms in total. The highest BCUT2D eigenvalue weighted by Gasteiger charge is 2.50. The van der Waals surface area contributed by atoms with Crippen LogP contribution < -0.4 is 4.74 Å². The number of phenolic OH excluding ortho intramolecular Hbond substituents is 2. The van der Waals surface area contributed by atoms with Crippen molar-refractivity contribution < 1.29 is 77.9 Å². The number of carbonyl (C=O) groups excluding carboxylic acids is 5. The molecule has 0 saturated carbocycles. The molecular weight excluding hydrogens is 738 g/mol. The zero-order valence-electron chi connectivity index (χ0n) is 30.2. The number of benzene rings is 2. The van der Waals surface area contributed by atoms with Crippen LogP contribution >= 0.6 is 12.4 Å². The summed E-state index contributed by atoms with van der Waals surface area (Å²) >= 11 is 0. The highest BCUT2D eigenvalue weighted by molar-refractivity contribution is 6.31. The van der Waals surface area contributed by atoms with Crippen molar-refractivity contribution in [3.05, 3.63) is 51.6 Å². The van der Waals surface area contributed by atoms with E-state index < -0.39 is 114 Å². The number of methoxy groups -OCH3 is 1. The summed E-state index contributed by atoms with van der Waals surface area (Å²) in [6.07, 6.45) is -6.85. The smallest absolute Gasteiger partial charge is 0.305 e. The maximum Gasteiger partial charge on any atom is 0.305 e. The second-order valence-electron chi connectivity index (χ2n) is 13.3. The van der Waals surface area contributed by atoms with E-state index >= 15 is 0 Å². The van der Waals surface area contributed by atoms with Crippen LogP contribution in [0.2, 0.25) is 0 Å². The number of phenols is 2. The minimum atomic E-state index is -2.32. The number of aromatic hydroxyl groups is 2. The van der Waals surface area contributed by atoms with Gasteiger partial charge in [-0.05, 0) is 20.0 Å². The van der Waals surface area contributed by atoms with Crippen molar-refractivity contribution in [3.8, 4) is 17.2 Å². The van der Waals surface area contributed by atoms with Gasteiger partial charge in [-0.15, -0.1) is 12.4 Å². The Bertz CT molecular complexity index is 1780. The van der Waals surface area contributed by atoms with Gasteiger partial charge in [0.1, 0.15) is 36.1 Å². The number of likely N-dealkylation sites (N-methyl/N-ethyl adjacent to an activating group) is 1. The molecule has 1 heterocycles. The molecule has 3 aliphatic rings. The summed E-state index contributed by atoms with van der Waals surface area (Å²) in [6.45, 7) is 2.88. The van der Waals surface area contributed by atoms with Gasteiger partial charge in [0, 0.05) is 62.4 Å². The summed E-state index contributed by atoms with van der Waals surface area (Å²) in [5.74, 6) is -5.35. The average Bonchev–Trinajstić information content (AvgIpc) is 3.10. The third-order valence-corrected chi connectivity index (χ3v) is 9.73. The van der Waals surface area contributed by atoms with Crippen LogP contribution in [0, 0.1) is 0 Å². The van der Waals surface area contributed by atoms with Crippen molar-refractivity contribution in [1.82, 2.24) is 4.90 Å². The van der Waals surface area contributed by atoms with E-state index in [4.69, 9.17) is 28.4 Å². The number of carbonyl (C=O) groups is 5. The van der Waals surface area contributed by atoms with E-state index in [0.717, 1.165) is 13.8 Å². The number of aliphatic hydroxyl groups excluding tert-OH is 2. The van der Waals surface area contributed by atoms with E-state index in [1.165, 1.54) is 25.3 Å². The van der Waals surface area contributed by atoms with Crippen molar-refractivity contribution in [1.29, 1.82) is 0 Å². The Balaban J connectivity index is 0.00000650. The lowest BCUT2D eigenvalue weighted by molar-refractivity contribution is -0.258. The molecule has 5 rings (SSSR count). The third-order valence-electron chi connectivity index (χ3n) is 9.73. The van der Waals surface area contributed by atoms with Crippen LogP contribution in [0.25, 0.3) is 0 Å². The van der Waals surface area contributed by atoms with Gasteiger partial charge in [0.2, 0.25) is 5.78 Å². The number of fused-ring (bicyclic) bond motifs is 3. The van der Waals surface area contributed by atoms with Crippen molar-refractivity contribution in [2.75, 3.05) is 40.5 Å². The number of Topliss-reactive ketones (excluding diaryl/α,β-unsaturated/α-hetero) is 1. The first-order chi connectivity index (χ1) is 25.0. The number of hydrogen-bond acceptors (Lipinski definition) is 17. The van der Waals surface area contributed by atoms with E-state index in [9.17, 15) is 49.5 Å². The Kier molecular flexibility index (Phi) is 13.5. The molecular formula is C36H44ClNO16. The molecule has 0 bridgehead atoms. The van der Waals surface area contributed by atoms with Gasteiger partial charge < -0.3 is 54.0 Å². The summed E-state index contributed by atoms with van der Waals surface area (Å²) in [7, 11) is 3.00. The number of halogens is 1. The largest absolute Gasteiger partial charge is 0.507 e. The predicted octanol–water partition coefficient (Wildman–Crippen LogP) is 0.865. The highest BCUT2D eigenvalue weighted by Crippen LogP contribution is 2.52. The molecule has 0 aromatic heterocycles. The molecule has 5 N–H and O–H groups in total. The van der Waals surface area contributed by atoms with E-state index in [2.05, 4.69) is 0 Å². The molecule has 54 heavy (non-hydrogen) atoms. The lowest BCUT2D eigenvalue weighted by Gasteiger charge is -2.44. The zero-order chi connectivity index (χ0) is 38.9. The maximum atomic E-state index is 13.9. The quantitative estimate of drug-likeness (QED) is 0.0699. The minimum absolute atomic E-state index is 0. The Morgan fingerprint density at radius 2 is 1.69 bits per heavy atom. The summed E-state index contributed by atoms with van der Waals surface area (Å²) in [6, 6.07) is 3.69. The van der Waals surface area contributed by atoms with Gasteiger partial charge in [0.15, 0.2) is 17.9 Å². The Labute approximate surface area is 316 Å². The topological polar surface area (TPSA) is 245 Å². The number of esters is 2. The van der Waals surface area contributed by atoms with Crippen LogP contribution in [0.15, 0.2) is 18.2 Å². The van der Waals surface area contributed by atoms with Gasteiger partial charge in [-0.1, -0.05) is 12.1 Å². The molecule has 0 amide bonds. The van der Waals surface area contributed by atoms with Gasteiger partial charge in [0.05, 0.1) is 48.7 Å².